The highest BCUT2D eigenvalue weighted by Crippen LogP contribution is 2.27. The molecule has 29 heavy (non-hydrogen) atoms. The highest BCUT2D eigenvalue weighted by atomic mass is 35.5. The van der Waals surface area contributed by atoms with E-state index < -0.39 is 15.9 Å². The Hall–Kier alpha value is -2.62. The molecule has 2 N–H and O–H groups in total. The van der Waals surface area contributed by atoms with Crippen LogP contribution in [-0.2, 0) is 14.8 Å². The lowest BCUT2D eigenvalue weighted by atomic mass is 10.1. The minimum atomic E-state index is -3.74. The van der Waals surface area contributed by atoms with Crippen LogP contribution in [0.1, 0.15) is 11.1 Å². The molecule has 1 amide bonds. The van der Waals surface area contributed by atoms with Gasteiger partial charge in [0, 0.05) is 17.3 Å². The van der Waals surface area contributed by atoms with Crippen LogP contribution in [-0.4, -0.2) is 25.9 Å². The molecule has 0 radical (unpaired) electrons. The summed E-state index contributed by atoms with van der Waals surface area (Å²) in [6.45, 7) is 3.64. The molecule has 10 heteroatoms. The van der Waals surface area contributed by atoms with E-state index in [9.17, 15) is 13.2 Å². The van der Waals surface area contributed by atoms with Crippen LogP contribution in [0, 0.1) is 13.8 Å². The smallest absolute Gasteiger partial charge is 0.263 e. The van der Waals surface area contributed by atoms with Crippen molar-refractivity contribution in [3.05, 3.63) is 64.1 Å². The molecular formula is C19H18ClN3O4S2. The number of aromatic nitrogens is 1. The molecule has 0 spiro atoms. The zero-order chi connectivity index (χ0) is 21.0. The number of amides is 1. The summed E-state index contributed by atoms with van der Waals surface area (Å²) < 4.78 is 32.5. The molecule has 0 aliphatic carbocycles. The minimum Gasteiger partial charge on any atom is -0.482 e. The van der Waals surface area contributed by atoms with Crippen LogP contribution in [0.2, 0.25) is 5.02 Å². The van der Waals surface area contributed by atoms with Crippen molar-refractivity contribution in [2.24, 2.45) is 0 Å². The molecule has 3 aromatic rings. The molecule has 1 aromatic heterocycles. The van der Waals surface area contributed by atoms with Gasteiger partial charge in [0.1, 0.15) is 5.75 Å². The standard InChI is InChI=1S/C19H18ClN3O4S2/c1-12-9-16(20)17(10-13(12)2)27-11-18(24)22-14-3-5-15(6-4-14)29(25,26)23-19-21-7-8-28-19/h3-10H,11H2,1-2H3,(H,21,23)(H,22,24). The molecule has 0 aliphatic rings. The Morgan fingerprint density at radius 3 is 2.52 bits per heavy atom. The van der Waals surface area contributed by atoms with Crippen molar-refractivity contribution < 1.29 is 17.9 Å². The Kier molecular flexibility index (Phi) is 6.41. The first kappa shape index (κ1) is 21.1. The summed E-state index contributed by atoms with van der Waals surface area (Å²) in [6.07, 6.45) is 1.51. The van der Waals surface area contributed by atoms with Gasteiger partial charge in [0.2, 0.25) is 0 Å². The van der Waals surface area contributed by atoms with Gasteiger partial charge in [0.15, 0.2) is 11.7 Å². The molecule has 0 fully saturated rings. The Morgan fingerprint density at radius 1 is 1.17 bits per heavy atom. The third kappa shape index (κ3) is 5.47. The molecule has 0 saturated carbocycles. The predicted molar refractivity (Wildman–Crippen MR) is 114 cm³/mol. The maximum absolute atomic E-state index is 12.3. The molecule has 2 aromatic carbocycles. The Balaban J connectivity index is 1.59. The van der Waals surface area contributed by atoms with E-state index >= 15 is 0 Å². The van der Waals surface area contributed by atoms with Crippen molar-refractivity contribution in [3.63, 3.8) is 0 Å². The van der Waals surface area contributed by atoms with E-state index in [2.05, 4.69) is 15.0 Å². The quantitative estimate of drug-likeness (QED) is 0.560. The van der Waals surface area contributed by atoms with Gasteiger partial charge in [0.25, 0.3) is 15.9 Å². The maximum atomic E-state index is 12.3. The molecule has 0 unspecified atom stereocenters. The second-order valence-corrected chi connectivity index (χ2v) is 9.16. The summed E-state index contributed by atoms with van der Waals surface area (Å²) in [4.78, 5) is 16.1. The van der Waals surface area contributed by atoms with Gasteiger partial charge in [0.05, 0.1) is 9.92 Å². The van der Waals surface area contributed by atoms with Gasteiger partial charge in [-0.1, -0.05) is 11.6 Å². The van der Waals surface area contributed by atoms with Gasteiger partial charge in [-0.15, -0.1) is 11.3 Å². The summed E-state index contributed by atoms with van der Waals surface area (Å²) >= 11 is 7.31. The van der Waals surface area contributed by atoms with Crippen molar-refractivity contribution in [2.75, 3.05) is 16.6 Å². The van der Waals surface area contributed by atoms with Gasteiger partial charge in [-0.05, 0) is 61.4 Å². The zero-order valence-corrected chi connectivity index (χ0v) is 18.0. The van der Waals surface area contributed by atoms with Crippen LogP contribution in [0.25, 0.3) is 0 Å². The largest absolute Gasteiger partial charge is 0.482 e. The van der Waals surface area contributed by atoms with Crippen molar-refractivity contribution >= 4 is 49.7 Å². The van der Waals surface area contributed by atoms with Crippen LogP contribution in [0.3, 0.4) is 0 Å². The number of hydrogen-bond acceptors (Lipinski definition) is 6. The lowest BCUT2D eigenvalue weighted by Gasteiger charge is -2.11. The Labute approximate surface area is 177 Å². The van der Waals surface area contributed by atoms with Gasteiger partial charge >= 0.3 is 0 Å². The predicted octanol–water partition coefficient (Wildman–Crippen LogP) is 4.23. The summed E-state index contributed by atoms with van der Waals surface area (Å²) in [7, 11) is -3.74. The summed E-state index contributed by atoms with van der Waals surface area (Å²) in [6, 6.07) is 9.34. The molecule has 0 atom stereocenters. The van der Waals surface area contributed by atoms with Crippen molar-refractivity contribution in [1.29, 1.82) is 0 Å². The van der Waals surface area contributed by atoms with E-state index in [0.717, 1.165) is 11.1 Å². The van der Waals surface area contributed by atoms with E-state index in [1.165, 1.54) is 41.8 Å². The van der Waals surface area contributed by atoms with Gasteiger partial charge in [-0.25, -0.2) is 13.4 Å². The fourth-order valence-electron chi connectivity index (χ4n) is 2.37. The second kappa shape index (κ2) is 8.81. The number of carbonyl (C=O) groups excluding carboxylic acids is 1. The first-order chi connectivity index (χ1) is 13.7. The molecular weight excluding hydrogens is 434 g/mol. The number of thiazole rings is 1. The number of halogens is 1. The molecule has 0 aliphatic heterocycles. The zero-order valence-electron chi connectivity index (χ0n) is 15.6. The fraction of sp³-hybridized carbons (Fsp3) is 0.158. The number of sulfonamides is 1. The van der Waals surface area contributed by atoms with E-state index in [4.69, 9.17) is 16.3 Å². The molecule has 0 bridgehead atoms. The molecule has 3 rings (SSSR count). The van der Waals surface area contributed by atoms with Gasteiger partial charge in [-0.2, -0.15) is 0 Å². The highest BCUT2D eigenvalue weighted by molar-refractivity contribution is 7.93. The average Bonchev–Trinajstić information content (AvgIpc) is 3.16. The minimum absolute atomic E-state index is 0.0591. The first-order valence-corrected chi connectivity index (χ1v) is 11.2. The van der Waals surface area contributed by atoms with Gasteiger partial charge in [-0.3, -0.25) is 9.52 Å². The summed E-state index contributed by atoms with van der Waals surface area (Å²) in [5, 5.41) is 5.04. The normalized spacial score (nSPS) is 11.1. The number of rotatable bonds is 7. The van der Waals surface area contributed by atoms with Crippen LogP contribution < -0.4 is 14.8 Å². The topological polar surface area (TPSA) is 97.4 Å². The van der Waals surface area contributed by atoms with Crippen molar-refractivity contribution in [1.82, 2.24) is 4.98 Å². The van der Waals surface area contributed by atoms with Crippen LogP contribution >= 0.6 is 22.9 Å². The van der Waals surface area contributed by atoms with E-state index in [0.29, 0.717) is 16.5 Å². The van der Waals surface area contributed by atoms with E-state index in [1.54, 1.807) is 17.5 Å². The maximum Gasteiger partial charge on any atom is 0.263 e. The number of hydrogen-bond donors (Lipinski definition) is 2. The SMILES string of the molecule is Cc1cc(Cl)c(OCC(=O)Nc2ccc(S(=O)(=O)Nc3nccs3)cc2)cc1C. The lowest BCUT2D eigenvalue weighted by Crippen LogP contribution is -2.20. The molecule has 1 heterocycles. The average molecular weight is 452 g/mol. The fourth-order valence-corrected chi connectivity index (χ4v) is 4.43. The number of ether oxygens (including phenoxy) is 1. The Morgan fingerprint density at radius 2 is 1.86 bits per heavy atom. The molecule has 152 valence electrons. The number of anilines is 2. The second-order valence-electron chi connectivity index (χ2n) is 6.17. The third-order valence-electron chi connectivity index (χ3n) is 4.01. The third-order valence-corrected chi connectivity index (χ3v) is 6.48. The van der Waals surface area contributed by atoms with E-state index in [-0.39, 0.29) is 16.6 Å². The van der Waals surface area contributed by atoms with Crippen molar-refractivity contribution in [3.8, 4) is 5.75 Å². The number of carbonyl (C=O) groups is 1. The Bertz CT molecular complexity index is 1120. The number of benzene rings is 2. The van der Waals surface area contributed by atoms with Gasteiger partial charge < -0.3 is 10.1 Å². The molecule has 7 nitrogen and oxygen atoms in total. The summed E-state index contributed by atoms with van der Waals surface area (Å²) in [5.74, 6) is 0.0374. The van der Waals surface area contributed by atoms with Crippen molar-refractivity contribution in [2.45, 2.75) is 18.7 Å². The summed E-state index contributed by atoms with van der Waals surface area (Å²) in [5.41, 5.74) is 2.48. The number of nitrogens with zero attached hydrogens (tertiary/aromatic N) is 1. The molecule has 0 saturated heterocycles. The first-order valence-electron chi connectivity index (χ1n) is 8.46. The lowest BCUT2D eigenvalue weighted by molar-refractivity contribution is -0.118. The highest BCUT2D eigenvalue weighted by Gasteiger charge is 2.15. The van der Waals surface area contributed by atoms with Crippen LogP contribution in [0.4, 0.5) is 10.8 Å². The van der Waals surface area contributed by atoms with Crippen LogP contribution in [0.5, 0.6) is 5.75 Å². The number of aryl methyl sites for hydroxylation is 2. The van der Waals surface area contributed by atoms with Crippen LogP contribution in [0.15, 0.2) is 52.9 Å². The van der Waals surface area contributed by atoms with E-state index in [1.807, 2.05) is 13.8 Å². The number of nitrogens with one attached hydrogen (secondary N) is 2. The monoisotopic (exact) mass is 451 g/mol.